The van der Waals surface area contributed by atoms with Crippen LogP contribution in [0.1, 0.15) is 13.8 Å². The van der Waals surface area contributed by atoms with E-state index in [4.69, 9.17) is 17.3 Å². The zero-order valence-electron chi connectivity index (χ0n) is 11.5. The Balaban J connectivity index is 2.25. The molecule has 0 aliphatic rings. The molecule has 0 atom stereocenters. The van der Waals surface area contributed by atoms with Crippen molar-refractivity contribution in [3.8, 4) is 0 Å². The fraction of sp³-hybridized carbons (Fsp3) is 0.308. The van der Waals surface area contributed by atoms with Crippen molar-refractivity contribution in [2.24, 2.45) is 0 Å². The van der Waals surface area contributed by atoms with Crippen LogP contribution in [0.5, 0.6) is 0 Å². The minimum Gasteiger partial charge on any atom is -0.368 e. The summed E-state index contributed by atoms with van der Waals surface area (Å²) in [7, 11) is 0. The molecule has 2 rings (SSSR count). The number of hydrogen-bond acceptors (Lipinski definition) is 6. The van der Waals surface area contributed by atoms with Crippen molar-refractivity contribution in [2.45, 2.75) is 13.8 Å². The summed E-state index contributed by atoms with van der Waals surface area (Å²) >= 11 is 5.85. The number of nitrogens with one attached hydrogen (secondary N) is 1. The molecular formula is C13H17ClN6. The van der Waals surface area contributed by atoms with Gasteiger partial charge in [-0.25, -0.2) is 0 Å². The van der Waals surface area contributed by atoms with Crippen molar-refractivity contribution >= 4 is 35.1 Å². The molecule has 6 nitrogen and oxygen atoms in total. The molecular weight excluding hydrogens is 276 g/mol. The summed E-state index contributed by atoms with van der Waals surface area (Å²) < 4.78 is 0. The Morgan fingerprint density at radius 3 is 2.35 bits per heavy atom. The quantitative estimate of drug-likeness (QED) is 0.882. The van der Waals surface area contributed by atoms with Gasteiger partial charge in [0.25, 0.3) is 0 Å². The molecule has 0 bridgehead atoms. The number of aromatic nitrogens is 3. The lowest BCUT2D eigenvalue weighted by Crippen LogP contribution is -2.25. The number of halogens is 1. The number of nitrogens with zero attached hydrogens (tertiary/aromatic N) is 4. The summed E-state index contributed by atoms with van der Waals surface area (Å²) in [5.41, 5.74) is 6.57. The van der Waals surface area contributed by atoms with E-state index in [9.17, 15) is 0 Å². The number of nitrogen functional groups attached to an aromatic ring is 1. The molecule has 20 heavy (non-hydrogen) atoms. The molecule has 0 fully saturated rings. The Kier molecular flexibility index (Phi) is 4.57. The van der Waals surface area contributed by atoms with Crippen LogP contribution < -0.4 is 16.0 Å². The predicted molar refractivity (Wildman–Crippen MR) is 82.5 cm³/mol. The highest BCUT2D eigenvalue weighted by Crippen LogP contribution is 2.18. The zero-order valence-corrected chi connectivity index (χ0v) is 12.2. The molecule has 1 heterocycles. The first-order valence-corrected chi connectivity index (χ1v) is 6.79. The molecule has 0 aliphatic carbocycles. The van der Waals surface area contributed by atoms with Crippen molar-refractivity contribution < 1.29 is 0 Å². The summed E-state index contributed by atoms with van der Waals surface area (Å²) in [6, 6.07) is 7.28. The van der Waals surface area contributed by atoms with Gasteiger partial charge >= 0.3 is 0 Å². The van der Waals surface area contributed by atoms with Crippen LogP contribution >= 0.6 is 11.6 Å². The van der Waals surface area contributed by atoms with Crippen LogP contribution in [0.3, 0.4) is 0 Å². The Morgan fingerprint density at radius 2 is 1.75 bits per heavy atom. The predicted octanol–water partition coefficient (Wildman–Crippen LogP) is 2.70. The lowest BCUT2D eigenvalue weighted by atomic mass is 10.3. The SMILES string of the molecule is CCN(CC)c1nc(N)nc(Nc2ccc(Cl)cc2)n1. The summed E-state index contributed by atoms with van der Waals surface area (Å²) in [5.74, 6) is 1.18. The molecule has 0 saturated heterocycles. The van der Waals surface area contributed by atoms with Gasteiger partial charge in [0.05, 0.1) is 0 Å². The molecule has 0 saturated carbocycles. The molecule has 3 N–H and O–H groups in total. The van der Waals surface area contributed by atoms with Gasteiger partial charge < -0.3 is 16.0 Å². The van der Waals surface area contributed by atoms with Crippen LogP contribution in [-0.4, -0.2) is 28.0 Å². The maximum atomic E-state index is 5.85. The van der Waals surface area contributed by atoms with E-state index in [2.05, 4.69) is 20.3 Å². The number of hydrogen-bond donors (Lipinski definition) is 2. The van der Waals surface area contributed by atoms with Crippen molar-refractivity contribution in [1.29, 1.82) is 0 Å². The highest BCUT2D eigenvalue weighted by molar-refractivity contribution is 6.30. The van der Waals surface area contributed by atoms with Gasteiger partial charge in [-0.05, 0) is 38.1 Å². The first-order valence-electron chi connectivity index (χ1n) is 6.41. The van der Waals surface area contributed by atoms with Crippen molar-refractivity contribution in [3.63, 3.8) is 0 Å². The summed E-state index contributed by atoms with van der Waals surface area (Å²) in [6.45, 7) is 5.69. The van der Waals surface area contributed by atoms with E-state index in [1.807, 2.05) is 30.9 Å². The van der Waals surface area contributed by atoms with Crippen molar-refractivity contribution in [1.82, 2.24) is 15.0 Å². The van der Waals surface area contributed by atoms with Crippen LogP contribution in [-0.2, 0) is 0 Å². The average Bonchev–Trinajstić information content (AvgIpc) is 2.42. The van der Waals surface area contributed by atoms with Crippen molar-refractivity contribution in [3.05, 3.63) is 29.3 Å². The minimum absolute atomic E-state index is 0.193. The second-order valence-electron chi connectivity index (χ2n) is 4.12. The Labute approximate surface area is 123 Å². The van der Waals surface area contributed by atoms with Crippen LogP contribution in [0.25, 0.3) is 0 Å². The van der Waals surface area contributed by atoms with Gasteiger partial charge in [-0.15, -0.1) is 0 Å². The van der Waals surface area contributed by atoms with Crippen LogP contribution in [0.2, 0.25) is 5.02 Å². The first-order chi connectivity index (χ1) is 9.62. The lowest BCUT2D eigenvalue weighted by Gasteiger charge is -2.19. The maximum Gasteiger partial charge on any atom is 0.233 e. The second kappa shape index (κ2) is 6.38. The average molecular weight is 293 g/mol. The van der Waals surface area contributed by atoms with Gasteiger partial charge in [-0.3, -0.25) is 0 Å². The number of nitrogens with two attached hydrogens (primary N) is 1. The van der Waals surface area contributed by atoms with Gasteiger partial charge in [0.2, 0.25) is 17.8 Å². The zero-order chi connectivity index (χ0) is 14.5. The van der Waals surface area contributed by atoms with Gasteiger partial charge in [0.1, 0.15) is 0 Å². The molecule has 0 spiro atoms. The molecule has 1 aromatic carbocycles. The van der Waals surface area contributed by atoms with Crippen LogP contribution in [0.4, 0.5) is 23.5 Å². The van der Waals surface area contributed by atoms with E-state index in [1.165, 1.54) is 0 Å². The Hall–Kier alpha value is -2.08. The first kappa shape index (κ1) is 14.3. The summed E-state index contributed by atoms with van der Waals surface area (Å²) in [4.78, 5) is 14.6. The highest BCUT2D eigenvalue weighted by Gasteiger charge is 2.09. The normalized spacial score (nSPS) is 10.3. The summed E-state index contributed by atoms with van der Waals surface area (Å²) in [5, 5.41) is 3.76. The van der Waals surface area contributed by atoms with E-state index < -0.39 is 0 Å². The van der Waals surface area contributed by atoms with E-state index in [0.29, 0.717) is 16.9 Å². The second-order valence-corrected chi connectivity index (χ2v) is 4.56. The standard InChI is InChI=1S/C13H17ClN6/c1-3-20(4-2)13-18-11(15)17-12(19-13)16-10-7-5-9(14)6-8-10/h5-8H,3-4H2,1-2H3,(H3,15,16,17,18,19). The van der Waals surface area contributed by atoms with E-state index >= 15 is 0 Å². The van der Waals surface area contributed by atoms with Crippen LogP contribution in [0.15, 0.2) is 24.3 Å². The number of benzene rings is 1. The molecule has 0 amide bonds. The molecule has 0 aliphatic heterocycles. The monoisotopic (exact) mass is 292 g/mol. The smallest absolute Gasteiger partial charge is 0.233 e. The Bertz CT molecular complexity index is 568. The van der Waals surface area contributed by atoms with Gasteiger partial charge in [-0.2, -0.15) is 15.0 Å². The van der Waals surface area contributed by atoms with Gasteiger partial charge in [-0.1, -0.05) is 11.6 Å². The largest absolute Gasteiger partial charge is 0.368 e. The molecule has 0 radical (unpaired) electrons. The Morgan fingerprint density at radius 1 is 1.10 bits per heavy atom. The third-order valence-electron chi connectivity index (χ3n) is 2.79. The van der Waals surface area contributed by atoms with E-state index in [0.717, 1.165) is 18.8 Å². The highest BCUT2D eigenvalue weighted by atomic mass is 35.5. The van der Waals surface area contributed by atoms with Crippen LogP contribution in [0, 0.1) is 0 Å². The molecule has 2 aromatic rings. The van der Waals surface area contributed by atoms with E-state index in [-0.39, 0.29) is 5.95 Å². The fourth-order valence-electron chi connectivity index (χ4n) is 1.75. The topological polar surface area (TPSA) is 80.0 Å². The number of rotatable bonds is 5. The third kappa shape index (κ3) is 3.48. The molecule has 0 unspecified atom stereocenters. The third-order valence-corrected chi connectivity index (χ3v) is 3.04. The maximum absolute atomic E-state index is 5.85. The number of anilines is 4. The van der Waals surface area contributed by atoms with Gasteiger partial charge in [0, 0.05) is 23.8 Å². The molecule has 106 valence electrons. The summed E-state index contributed by atoms with van der Waals surface area (Å²) in [6.07, 6.45) is 0. The molecule has 1 aromatic heterocycles. The lowest BCUT2D eigenvalue weighted by molar-refractivity contribution is 0.816. The van der Waals surface area contributed by atoms with E-state index in [1.54, 1.807) is 12.1 Å². The molecule has 7 heteroatoms. The van der Waals surface area contributed by atoms with Crippen molar-refractivity contribution in [2.75, 3.05) is 29.0 Å². The minimum atomic E-state index is 0.193. The van der Waals surface area contributed by atoms with Gasteiger partial charge in [0.15, 0.2) is 0 Å². The fourth-order valence-corrected chi connectivity index (χ4v) is 1.87.